The molecule has 0 saturated heterocycles. The quantitative estimate of drug-likeness (QED) is 0.483. The number of fused-ring (bicyclic) bond motifs is 1. The van der Waals surface area contributed by atoms with Crippen molar-refractivity contribution in [1.29, 1.82) is 0 Å². The molecule has 0 aliphatic heterocycles. The first-order chi connectivity index (χ1) is 14.5. The van der Waals surface area contributed by atoms with E-state index in [0.717, 1.165) is 5.56 Å². The molecule has 0 aliphatic rings. The molecule has 0 aliphatic carbocycles. The minimum Gasteiger partial charge on any atom is -0.449 e. The van der Waals surface area contributed by atoms with Crippen molar-refractivity contribution < 1.29 is 23.2 Å². The molecule has 1 heterocycles. The molecule has 1 amide bonds. The largest absolute Gasteiger partial charge is 0.449 e. The first kappa shape index (κ1) is 19.3. The van der Waals surface area contributed by atoms with Crippen LogP contribution in [0.1, 0.15) is 17.3 Å². The smallest absolute Gasteiger partial charge is 0.338 e. The fourth-order valence-corrected chi connectivity index (χ4v) is 2.93. The van der Waals surface area contributed by atoms with Crippen LogP contribution in [0.3, 0.4) is 0 Å². The summed E-state index contributed by atoms with van der Waals surface area (Å²) in [5, 5.41) is 7.26. The first-order valence-corrected chi connectivity index (χ1v) is 9.23. The highest BCUT2D eigenvalue weighted by Gasteiger charge is 2.20. The van der Waals surface area contributed by atoms with E-state index >= 15 is 0 Å². The van der Waals surface area contributed by atoms with Crippen LogP contribution in [-0.4, -0.2) is 23.1 Å². The Hall–Kier alpha value is -4.00. The molecule has 0 saturated carbocycles. The SMILES string of the molecule is C[C@@H](OC(=O)c1ccc2noc(-c3ccccc3)c2c1)C(=O)Nc1ccc(F)cc1. The van der Waals surface area contributed by atoms with Crippen molar-refractivity contribution in [2.45, 2.75) is 13.0 Å². The second-order valence-electron chi connectivity index (χ2n) is 6.65. The van der Waals surface area contributed by atoms with E-state index in [1.165, 1.54) is 31.2 Å². The van der Waals surface area contributed by atoms with Gasteiger partial charge in [0.1, 0.15) is 11.3 Å². The molecule has 0 spiro atoms. The molecule has 3 aromatic carbocycles. The lowest BCUT2D eigenvalue weighted by molar-refractivity contribution is -0.123. The number of anilines is 1. The van der Waals surface area contributed by atoms with Gasteiger partial charge < -0.3 is 14.6 Å². The number of hydrogen-bond acceptors (Lipinski definition) is 5. The summed E-state index contributed by atoms with van der Waals surface area (Å²) in [4.78, 5) is 24.8. The highest BCUT2D eigenvalue weighted by Crippen LogP contribution is 2.29. The van der Waals surface area contributed by atoms with Crippen LogP contribution in [0.25, 0.3) is 22.2 Å². The molecule has 0 bridgehead atoms. The molecule has 0 unspecified atom stereocenters. The third kappa shape index (κ3) is 4.05. The van der Waals surface area contributed by atoms with Crippen molar-refractivity contribution in [3.63, 3.8) is 0 Å². The van der Waals surface area contributed by atoms with Crippen LogP contribution in [0.4, 0.5) is 10.1 Å². The van der Waals surface area contributed by atoms with E-state index in [4.69, 9.17) is 9.26 Å². The van der Waals surface area contributed by atoms with Crippen molar-refractivity contribution in [3.05, 3.63) is 84.2 Å². The Kier molecular flexibility index (Phi) is 5.26. The lowest BCUT2D eigenvalue weighted by Gasteiger charge is -2.13. The molecular formula is C23H17FN2O4. The van der Waals surface area contributed by atoms with Gasteiger partial charge in [-0.2, -0.15) is 0 Å². The summed E-state index contributed by atoms with van der Waals surface area (Å²) >= 11 is 0. The third-order valence-corrected chi connectivity index (χ3v) is 4.51. The molecular weight excluding hydrogens is 387 g/mol. The molecule has 0 radical (unpaired) electrons. The maximum absolute atomic E-state index is 13.0. The number of halogens is 1. The second-order valence-corrected chi connectivity index (χ2v) is 6.65. The topological polar surface area (TPSA) is 81.4 Å². The molecule has 1 N–H and O–H groups in total. The minimum absolute atomic E-state index is 0.268. The van der Waals surface area contributed by atoms with Crippen LogP contribution in [0.15, 0.2) is 77.3 Å². The summed E-state index contributed by atoms with van der Waals surface area (Å²) in [6, 6.07) is 19.6. The average Bonchev–Trinajstić information content (AvgIpc) is 3.19. The van der Waals surface area contributed by atoms with Gasteiger partial charge in [-0.25, -0.2) is 9.18 Å². The lowest BCUT2D eigenvalue weighted by Crippen LogP contribution is -2.30. The molecule has 6 nitrogen and oxygen atoms in total. The number of hydrogen-bond donors (Lipinski definition) is 1. The van der Waals surface area contributed by atoms with Gasteiger partial charge in [0.05, 0.1) is 10.9 Å². The molecule has 1 aromatic heterocycles. The zero-order valence-electron chi connectivity index (χ0n) is 16.0. The van der Waals surface area contributed by atoms with Gasteiger partial charge in [0.2, 0.25) is 0 Å². The molecule has 150 valence electrons. The van der Waals surface area contributed by atoms with Gasteiger partial charge in [0.15, 0.2) is 11.9 Å². The molecule has 0 fully saturated rings. The summed E-state index contributed by atoms with van der Waals surface area (Å²) in [6.07, 6.45) is -1.05. The molecule has 1 atom stereocenters. The van der Waals surface area contributed by atoms with Gasteiger partial charge in [0, 0.05) is 11.3 Å². The van der Waals surface area contributed by atoms with E-state index in [-0.39, 0.29) is 5.56 Å². The monoisotopic (exact) mass is 404 g/mol. The summed E-state index contributed by atoms with van der Waals surface area (Å²) in [5.41, 5.74) is 2.11. The summed E-state index contributed by atoms with van der Waals surface area (Å²) in [5.74, 6) is -1.04. The first-order valence-electron chi connectivity index (χ1n) is 9.23. The number of carbonyl (C=O) groups is 2. The average molecular weight is 404 g/mol. The lowest BCUT2D eigenvalue weighted by atomic mass is 10.1. The van der Waals surface area contributed by atoms with E-state index in [2.05, 4.69) is 10.5 Å². The van der Waals surface area contributed by atoms with E-state index < -0.39 is 23.8 Å². The van der Waals surface area contributed by atoms with Gasteiger partial charge in [-0.3, -0.25) is 4.79 Å². The standard InChI is InChI=1S/C23H17FN2O4/c1-14(22(27)25-18-10-8-17(24)9-11-18)29-23(28)16-7-12-20-19(13-16)21(30-26-20)15-5-3-2-4-6-15/h2-14H,1H3,(H,25,27)/t14-/m1/s1. The highest BCUT2D eigenvalue weighted by molar-refractivity contribution is 6.00. The molecule has 30 heavy (non-hydrogen) atoms. The van der Waals surface area contributed by atoms with E-state index in [9.17, 15) is 14.0 Å². The van der Waals surface area contributed by atoms with Crippen LogP contribution < -0.4 is 5.32 Å². The van der Waals surface area contributed by atoms with Crippen LogP contribution in [0, 0.1) is 5.82 Å². The summed E-state index contributed by atoms with van der Waals surface area (Å²) in [6.45, 7) is 1.46. The van der Waals surface area contributed by atoms with E-state index in [1.54, 1.807) is 18.2 Å². The number of ether oxygens (including phenoxy) is 1. The number of benzene rings is 3. The van der Waals surface area contributed by atoms with Crippen LogP contribution in [0.2, 0.25) is 0 Å². The molecule has 7 heteroatoms. The normalized spacial score (nSPS) is 11.8. The van der Waals surface area contributed by atoms with Crippen LogP contribution >= 0.6 is 0 Å². The molecule has 4 rings (SSSR count). The fourth-order valence-electron chi connectivity index (χ4n) is 2.93. The number of amides is 1. The number of rotatable bonds is 5. The summed E-state index contributed by atoms with van der Waals surface area (Å²) < 4.78 is 23.7. The Morgan fingerprint density at radius 3 is 2.50 bits per heavy atom. The van der Waals surface area contributed by atoms with Gasteiger partial charge >= 0.3 is 5.97 Å². The number of carbonyl (C=O) groups excluding carboxylic acids is 2. The van der Waals surface area contributed by atoms with Crippen LogP contribution in [0.5, 0.6) is 0 Å². The van der Waals surface area contributed by atoms with Gasteiger partial charge in [0.25, 0.3) is 5.91 Å². The number of aromatic nitrogens is 1. The van der Waals surface area contributed by atoms with Gasteiger partial charge in [-0.15, -0.1) is 0 Å². The Bertz CT molecular complexity index is 1200. The number of nitrogens with zero attached hydrogens (tertiary/aromatic N) is 1. The predicted octanol–water partition coefficient (Wildman–Crippen LogP) is 4.82. The Morgan fingerprint density at radius 1 is 1.03 bits per heavy atom. The Morgan fingerprint density at radius 2 is 1.77 bits per heavy atom. The van der Waals surface area contributed by atoms with Gasteiger partial charge in [-0.1, -0.05) is 35.5 Å². The van der Waals surface area contributed by atoms with Crippen molar-refractivity contribution in [3.8, 4) is 11.3 Å². The number of nitrogens with one attached hydrogen (secondary N) is 1. The third-order valence-electron chi connectivity index (χ3n) is 4.51. The second kappa shape index (κ2) is 8.16. The van der Waals surface area contributed by atoms with Crippen molar-refractivity contribution in [1.82, 2.24) is 5.16 Å². The maximum Gasteiger partial charge on any atom is 0.338 e. The zero-order chi connectivity index (χ0) is 21.1. The van der Waals surface area contributed by atoms with Crippen molar-refractivity contribution in [2.75, 3.05) is 5.32 Å². The Labute approximate surface area is 171 Å². The van der Waals surface area contributed by atoms with Crippen molar-refractivity contribution in [2.24, 2.45) is 0 Å². The minimum atomic E-state index is -1.05. The van der Waals surface area contributed by atoms with E-state index in [0.29, 0.717) is 22.4 Å². The fraction of sp³-hybridized carbons (Fsp3) is 0.0870. The maximum atomic E-state index is 13.0. The highest BCUT2D eigenvalue weighted by atomic mass is 19.1. The summed E-state index contributed by atoms with van der Waals surface area (Å²) in [7, 11) is 0. The predicted molar refractivity (Wildman–Crippen MR) is 109 cm³/mol. The number of esters is 1. The van der Waals surface area contributed by atoms with Crippen LogP contribution in [-0.2, 0) is 9.53 Å². The van der Waals surface area contributed by atoms with E-state index in [1.807, 2.05) is 30.3 Å². The van der Waals surface area contributed by atoms with Gasteiger partial charge in [-0.05, 0) is 49.4 Å². The van der Waals surface area contributed by atoms with Crippen molar-refractivity contribution >= 4 is 28.5 Å². The Balaban J connectivity index is 1.50. The zero-order valence-corrected chi connectivity index (χ0v) is 16.0. The molecule has 4 aromatic rings.